The van der Waals surface area contributed by atoms with Crippen LogP contribution in [0.3, 0.4) is 0 Å². The lowest BCUT2D eigenvalue weighted by Crippen LogP contribution is -2.19. The van der Waals surface area contributed by atoms with E-state index in [1.165, 1.54) is 111 Å². The zero-order chi connectivity index (χ0) is 27.6. The average molecular weight is 547 g/mol. The van der Waals surface area contributed by atoms with Crippen LogP contribution in [0.25, 0.3) is 55.0 Å². The minimum Gasteiger partial charge on any atom is -0.308 e. The van der Waals surface area contributed by atoms with E-state index in [0.29, 0.717) is 0 Å². The van der Waals surface area contributed by atoms with Crippen molar-refractivity contribution in [2.75, 3.05) is 0 Å². The maximum atomic E-state index is 2.63. The second kappa shape index (κ2) is 7.10. The van der Waals surface area contributed by atoms with E-state index in [2.05, 4.69) is 106 Å². The van der Waals surface area contributed by atoms with Crippen LogP contribution in [0.5, 0.6) is 0 Å². The molecule has 0 saturated heterocycles. The van der Waals surface area contributed by atoms with E-state index in [4.69, 9.17) is 0 Å². The van der Waals surface area contributed by atoms with Crippen LogP contribution in [0.2, 0.25) is 0 Å². The van der Waals surface area contributed by atoms with Gasteiger partial charge in [-0.05, 0) is 62.1 Å². The molecule has 0 unspecified atom stereocenters. The Morgan fingerprint density at radius 1 is 0.372 bits per heavy atom. The van der Waals surface area contributed by atoms with Crippen LogP contribution < -0.4 is 0 Å². The first-order chi connectivity index (χ1) is 21.3. The third kappa shape index (κ3) is 2.40. The average Bonchev–Trinajstić information content (AvgIpc) is 3.57. The molecule has 12 rings (SSSR count). The third-order valence-corrected chi connectivity index (χ3v) is 11.2. The fourth-order valence-electron chi connectivity index (χ4n) is 9.55. The second-order valence-corrected chi connectivity index (χ2v) is 13.2. The first-order valence-corrected chi connectivity index (χ1v) is 15.7. The molecule has 43 heavy (non-hydrogen) atoms. The Labute approximate surface area is 248 Å². The van der Waals surface area contributed by atoms with Crippen molar-refractivity contribution in [1.29, 1.82) is 0 Å². The zero-order valence-electron chi connectivity index (χ0n) is 23.7. The molecular formula is C41H26N2. The summed E-state index contributed by atoms with van der Waals surface area (Å²) in [4.78, 5) is 0. The highest BCUT2D eigenvalue weighted by Gasteiger charge is 2.32. The predicted molar refractivity (Wildman–Crippen MR) is 176 cm³/mol. The monoisotopic (exact) mass is 546 g/mol. The number of benzene rings is 6. The summed E-state index contributed by atoms with van der Waals surface area (Å²) in [5.41, 5.74) is 23.4. The molecule has 200 valence electrons. The van der Waals surface area contributed by atoms with Gasteiger partial charge in [0, 0.05) is 47.2 Å². The lowest BCUT2D eigenvalue weighted by molar-refractivity contribution is 0.931. The standard InChI is InChI=1S/C41H26N2/c1-5-24-18-28-15-13-22(34-20-26-7-3-11-32-30(9-1)36(24)42(38(26)32)40(28)34)17-23-14-16-29-19-25-6-2-10-31-33-12-4-8-27-21-35(23)41(29)43(37(25)31)39(27)33/h1-16H,17-21H2. The van der Waals surface area contributed by atoms with Crippen LogP contribution in [-0.4, -0.2) is 9.13 Å². The van der Waals surface area contributed by atoms with Crippen molar-refractivity contribution in [3.8, 4) is 11.4 Å². The lowest BCUT2D eigenvalue weighted by atomic mass is 9.83. The number of rotatable bonds is 2. The summed E-state index contributed by atoms with van der Waals surface area (Å²) < 4.78 is 5.27. The summed E-state index contributed by atoms with van der Waals surface area (Å²) in [6.45, 7) is 0. The molecular weight excluding hydrogens is 520 g/mol. The molecule has 8 aromatic rings. The molecule has 4 aliphatic rings. The molecule has 6 heterocycles. The van der Waals surface area contributed by atoms with E-state index in [9.17, 15) is 0 Å². The number of fused-ring (bicyclic) bond motifs is 2. The van der Waals surface area contributed by atoms with Crippen molar-refractivity contribution in [2.45, 2.75) is 32.1 Å². The Balaban J connectivity index is 1.10. The first-order valence-electron chi connectivity index (χ1n) is 15.7. The smallest absolute Gasteiger partial charge is 0.0576 e. The van der Waals surface area contributed by atoms with Crippen LogP contribution in [0.4, 0.5) is 0 Å². The molecule has 0 saturated carbocycles. The quantitative estimate of drug-likeness (QED) is 0.205. The minimum absolute atomic E-state index is 0.972. The Kier molecular flexibility index (Phi) is 3.57. The van der Waals surface area contributed by atoms with E-state index < -0.39 is 0 Å². The fourth-order valence-corrected chi connectivity index (χ4v) is 9.55. The summed E-state index contributed by atoms with van der Waals surface area (Å²) in [6.07, 6.45) is 5.03. The molecule has 0 atom stereocenters. The number of para-hydroxylation sites is 4. The fraction of sp³-hybridized carbons (Fsp3) is 0.122. The van der Waals surface area contributed by atoms with Crippen molar-refractivity contribution in [3.05, 3.63) is 153 Å². The Morgan fingerprint density at radius 3 is 1.14 bits per heavy atom. The zero-order valence-corrected chi connectivity index (χ0v) is 23.7. The van der Waals surface area contributed by atoms with E-state index in [-0.39, 0.29) is 0 Å². The first kappa shape index (κ1) is 21.6. The van der Waals surface area contributed by atoms with Gasteiger partial charge in [0.15, 0.2) is 0 Å². The molecule has 0 spiro atoms. The van der Waals surface area contributed by atoms with Crippen molar-refractivity contribution in [1.82, 2.24) is 9.13 Å². The molecule has 0 fully saturated rings. The molecule has 0 radical (unpaired) electrons. The summed E-state index contributed by atoms with van der Waals surface area (Å²) in [6, 6.07) is 37.5. The van der Waals surface area contributed by atoms with Crippen LogP contribution in [0, 0.1) is 0 Å². The van der Waals surface area contributed by atoms with Crippen molar-refractivity contribution < 1.29 is 0 Å². The summed E-state index contributed by atoms with van der Waals surface area (Å²) >= 11 is 0. The molecule has 0 amide bonds. The molecule has 6 aromatic carbocycles. The number of aromatic nitrogens is 2. The van der Waals surface area contributed by atoms with Gasteiger partial charge < -0.3 is 9.13 Å². The van der Waals surface area contributed by atoms with Crippen molar-refractivity contribution in [2.24, 2.45) is 0 Å². The van der Waals surface area contributed by atoms with Gasteiger partial charge in [-0.3, -0.25) is 0 Å². The normalized spacial score (nSPS) is 14.7. The van der Waals surface area contributed by atoms with Gasteiger partial charge in [0.05, 0.1) is 33.4 Å². The van der Waals surface area contributed by atoms with Crippen molar-refractivity contribution in [3.63, 3.8) is 0 Å². The van der Waals surface area contributed by atoms with Gasteiger partial charge in [0.2, 0.25) is 0 Å². The minimum atomic E-state index is 0.972. The number of hydrogen-bond acceptors (Lipinski definition) is 0. The van der Waals surface area contributed by atoms with Crippen molar-refractivity contribution >= 4 is 43.6 Å². The highest BCUT2D eigenvalue weighted by molar-refractivity contribution is 6.14. The lowest BCUT2D eigenvalue weighted by Gasteiger charge is -2.31. The number of nitrogens with zero attached hydrogens (tertiary/aromatic N) is 2. The topological polar surface area (TPSA) is 9.86 Å². The highest BCUT2D eigenvalue weighted by atomic mass is 15.0. The van der Waals surface area contributed by atoms with Gasteiger partial charge in [-0.1, -0.05) is 97.1 Å². The summed E-state index contributed by atoms with van der Waals surface area (Å²) in [7, 11) is 0. The Morgan fingerprint density at radius 2 is 0.744 bits per heavy atom. The maximum Gasteiger partial charge on any atom is 0.0576 e. The van der Waals surface area contributed by atoms with Gasteiger partial charge in [-0.25, -0.2) is 0 Å². The van der Waals surface area contributed by atoms with Crippen LogP contribution in [0.15, 0.2) is 97.1 Å². The molecule has 0 N–H and O–H groups in total. The molecule has 4 aliphatic heterocycles. The molecule has 2 nitrogen and oxygen atoms in total. The molecule has 2 heteroatoms. The predicted octanol–water partition coefficient (Wildman–Crippen LogP) is 9.09. The molecule has 0 bridgehead atoms. The van der Waals surface area contributed by atoms with E-state index in [1.807, 2.05) is 0 Å². The van der Waals surface area contributed by atoms with Gasteiger partial charge in [-0.2, -0.15) is 0 Å². The highest BCUT2D eigenvalue weighted by Crippen LogP contribution is 2.48. The number of hydrogen-bond donors (Lipinski definition) is 0. The van der Waals surface area contributed by atoms with E-state index in [0.717, 1.165) is 32.1 Å². The van der Waals surface area contributed by atoms with Crippen LogP contribution in [0.1, 0.15) is 55.6 Å². The van der Waals surface area contributed by atoms with Gasteiger partial charge in [0.25, 0.3) is 0 Å². The largest absolute Gasteiger partial charge is 0.308 e. The van der Waals surface area contributed by atoms with E-state index in [1.54, 1.807) is 0 Å². The maximum absolute atomic E-state index is 2.63. The van der Waals surface area contributed by atoms with Crippen LogP contribution >= 0.6 is 0 Å². The molecule has 2 aromatic heterocycles. The van der Waals surface area contributed by atoms with E-state index >= 15 is 0 Å². The summed E-state index contributed by atoms with van der Waals surface area (Å²) in [5.74, 6) is 0. The van der Waals surface area contributed by atoms with Gasteiger partial charge >= 0.3 is 0 Å². The second-order valence-electron chi connectivity index (χ2n) is 13.2. The Hall–Kier alpha value is -5.08. The van der Waals surface area contributed by atoms with Crippen LogP contribution in [-0.2, 0) is 32.1 Å². The molecule has 0 aliphatic carbocycles. The third-order valence-electron chi connectivity index (χ3n) is 11.2. The van der Waals surface area contributed by atoms with Gasteiger partial charge in [0.1, 0.15) is 0 Å². The van der Waals surface area contributed by atoms with Gasteiger partial charge in [-0.15, -0.1) is 0 Å². The Bertz CT molecular complexity index is 2410. The summed E-state index contributed by atoms with van der Waals surface area (Å²) in [5, 5.41) is 5.61. The SMILES string of the molecule is c1cc2c3c(c1)c1cccc4c1n3-c1c(ccc(Cc3ccc5c6c3Cc3cccc7c8cccc(c8n-6c37)C5)c1C4)C2.